The Hall–Kier alpha value is -0.240. The van der Waals surface area contributed by atoms with Crippen molar-refractivity contribution in [2.75, 3.05) is 6.54 Å². The van der Waals surface area contributed by atoms with E-state index in [1.807, 2.05) is 18.2 Å². The quantitative estimate of drug-likeness (QED) is 0.798. The maximum Gasteiger partial charge on any atom is 0.0453 e. The van der Waals surface area contributed by atoms with Gasteiger partial charge in [-0.25, -0.2) is 0 Å². The zero-order valence-electron chi connectivity index (χ0n) is 11.6. The lowest BCUT2D eigenvalue weighted by Crippen LogP contribution is -2.35. The molecule has 0 aliphatic heterocycles. The molecule has 1 aliphatic rings. The minimum atomic E-state index is 0.699. The first-order valence-corrected chi connectivity index (χ1v) is 8.12. The van der Waals surface area contributed by atoms with Gasteiger partial charge in [0.1, 0.15) is 0 Å². The molecule has 106 valence electrons. The van der Waals surface area contributed by atoms with E-state index in [0.717, 1.165) is 23.9 Å². The Morgan fingerprint density at radius 1 is 1.26 bits per heavy atom. The van der Waals surface area contributed by atoms with Crippen molar-refractivity contribution in [1.29, 1.82) is 0 Å². The maximum absolute atomic E-state index is 6.18. The number of halogens is 2. The van der Waals surface area contributed by atoms with Crippen molar-refractivity contribution < 1.29 is 0 Å². The first kappa shape index (κ1) is 15.2. The van der Waals surface area contributed by atoms with Crippen LogP contribution in [0, 0.1) is 5.92 Å². The van der Waals surface area contributed by atoms with E-state index >= 15 is 0 Å². The average Bonchev–Trinajstić information content (AvgIpc) is 2.41. The summed E-state index contributed by atoms with van der Waals surface area (Å²) in [6, 6.07) is 6.47. The Morgan fingerprint density at radius 2 is 2.11 bits per heavy atom. The Morgan fingerprint density at radius 3 is 2.84 bits per heavy atom. The molecule has 1 saturated carbocycles. The van der Waals surface area contributed by atoms with Gasteiger partial charge in [-0.2, -0.15) is 0 Å². The van der Waals surface area contributed by atoms with Gasteiger partial charge in [-0.3, -0.25) is 0 Å². The molecule has 1 nitrogen and oxygen atoms in total. The van der Waals surface area contributed by atoms with E-state index in [0.29, 0.717) is 11.1 Å². The summed E-state index contributed by atoms with van der Waals surface area (Å²) in [6.45, 7) is 3.31. The van der Waals surface area contributed by atoms with Gasteiger partial charge in [0.2, 0.25) is 0 Å². The van der Waals surface area contributed by atoms with Gasteiger partial charge in [0, 0.05) is 16.1 Å². The maximum atomic E-state index is 6.18. The smallest absolute Gasteiger partial charge is 0.0453 e. The molecule has 0 radical (unpaired) electrons. The highest BCUT2D eigenvalue weighted by molar-refractivity contribution is 6.35. The standard InChI is InChI=1S/C16H23Cl2N/c1-2-12-4-3-5-15(10-12)19-9-8-13-6-7-14(17)11-16(13)18/h6-7,11-12,15,19H,2-5,8-10H2,1H3. The summed E-state index contributed by atoms with van der Waals surface area (Å²) in [4.78, 5) is 0. The molecule has 19 heavy (non-hydrogen) atoms. The van der Waals surface area contributed by atoms with Crippen LogP contribution in [0.25, 0.3) is 0 Å². The number of hydrogen-bond donors (Lipinski definition) is 1. The van der Waals surface area contributed by atoms with Crippen LogP contribution in [-0.4, -0.2) is 12.6 Å². The van der Waals surface area contributed by atoms with Crippen LogP contribution in [-0.2, 0) is 6.42 Å². The monoisotopic (exact) mass is 299 g/mol. The summed E-state index contributed by atoms with van der Waals surface area (Å²) in [7, 11) is 0. The molecule has 1 aromatic rings. The SMILES string of the molecule is CCC1CCCC(NCCc2ccc(Cl)cc2Cl)C1. The third kappa shape index (κ3) is 4.66. The van der Waals surface area contributed by atoms with Gasteiger partial charge in [0.05, 0.1) is 0 Å². The fourth-order valence-corrected chi connectivity index (χ4v) is 3.49. The van der Waals surface area contributed by atoms with E-state index in [9.17, 15) is 0 Å². The first-order chi connectivity index (χ1) is 9.19. The molecule has 1 fully saturated rings. The van der Waals surface area contributed by atoms with Crippen LogP contribution in [0.2, 0.25) is 10.0 Å². The third-order valence-electron chi connectivity index (χ3n) is 4.20. The van der Waals surface area contributed by atoms with Crippen molar-refractivity contribution in [2.45, 2.75) is 51.5 Å². The van der Waals surface area contributed by atoms with Gasteiger partial charge >= 0.3 is 0 Å². The summed E-state index contributed by atoms with van der Waals surface area (Å²) >= 11 is 12.1. The summed E-state index contributed by atoms with van der Waals surface area (Å²) in [6.07, 6.45) is 7.75. The van der Waals surface area contributed by atoms with E-state index in [-0.39, 0.29) is 0 Å². The van der Waals surface area contributed by atoms with Gasteiger partial charge in [-0.05, 0) is 49.4 Å². The average molecular weight is 300 g/mol. The molecular formula is C16H23Cl2N. The van der Waals surface area contributed by atoms with Crippen molar-refractivity contribution >= 4 is 23.2 Å². The predicted molar refractivity (Wildman–Crippen MR) is 84.2 cm³/mol. The second kappa shape index (κ2) is 7.52. The molecule has 0 heterocycles. The van der Waals surface area contributed by atoms with E-state index in [1.165, 1.54) is 37.7 Å². The highest BCUT2D eigenvalue weighted by atomic mass is 35.5. The fourth-order valence-electron chi connectivity index (χ4n) is 2.98. The van der Waals surface area contributed by atoms with Crippen molar-refractivity contribution in [2.24, 2.45) is 5.92 Å². The van der Waals surface area contributed by atoms with Crippen LogP contribution in [0.3, 0.4) is 0 Å². The van der Waals surface area contributed by atoms with Crippen LogP contribution in [0.4, 0.5) is 0 Å². The molecule has 1 aliphatic carbocycles. The van der Waals surface area contributed by atoms with Crippen molar-refractivity contribution in [3.63, 3.8) is 0 Å². The van der Waals surface area contributed by atoms with Gasteiger partial charge < -0.3 is 5.32 Å². The van der Waals surface area contributed by atoms with Crippen molar-refractivity contribution in [3.05, 3.63) is 33.8 Å². The van der Waals surface area contributed by atoms with Crippen LogP contribution in [0.1, 0.15) is 44.6 Å². The van der Waals surface area contributed by atoms with Gasteiger partial charge in [0.25, 0.3) is 0 Å². The summed E-state index contributed by atoms with van der Waals surface area (Å²) in [5, 5.41) is 5.17. The second-order valence-electron chi connectivity index (χ2n) is 5.58. The van der Waals surface area contributed by atoms with Crippen LogP contribution in [0.15, 0.2) is 18.2 Å². The molecule has 1 aromatic carbocycles. The topological polar surface area (TPSA) is 12.0 Å². The lowest BCUT2D eigenvalue weighted by molar-refractivity contribution is 0.280. The third-order valence-corrected chi connectivity index (χ3v) is 4.79. The van der Waals surface area contributed by atoms with E-state index in [4.69, 9.17) is 23.2 Å². The Kier molecular flexibility index (Phi) is 6.00. The molecule has 1 N–H and O–H groups in total. The summed E-state index contributed by atoms with van der Waals surface area (Å²) in [5.74, 6) is 0.922. The molecule has 0 amide bonds. The molecule has 2 unspecified atom stereocenters. The summed E-state index contributed by atoms with van der Waals surface area (Å²) < 4.78 is 0. The van der Waals surface area contributed by atoms with Gasteiger partial charge in [-0.15, -0.1) is 0 Å². The largest absolute Gasteiger partial charge is 0.314 e. The van der Waals surface area contributed by atoms with Crippen LogP contribution < -0.4 is 5.32 Å². The number of nitrogens with one attached hydrogen (secondary N) is 1. The number of hydrogen-bond acceptors (Lipinski definition) is 1. The highest BCUT2D eigenvalue weighted by Crippen LogP contribution is 2.26. The molecular weight excluding hydrogens is 277 g/mol. The minimum absolute atomic E-state index is 0.699. The Bertz CT molecular complexity index is 406. The molecule has 2 atom stereocenters. The molecule has 0 aromatic heterocycles. The van der Waals surface area contributed by atoms with E-state index in [2.05, 4.69) is 12.2 Å². The number of benzene rings is 1. The van der Waals surface area contributed by atoms with Crippen LogP contribution >= 0.6 is 23.2 Å². The Labute approximate surface area is 126 Å². The highest BCUT2D eigenvalue weighted by Gasteiger charge is 2.19. The number of rotatable bonds is 5. The molecule has 2 rings (SSSR count). The molecule has 3 heteroatoms. The normalized spacial score (nSPS) is 23.5. The molecule has 0 spiro atoms. The summed E-state index contributed by atoms with van der Waals surface area (Å²) in [5.41, 5.74) is 1.18. The predicted octanol–water partition coefficient (Wildman–Crippen LogP) is 5.09. The van der Waals surface area contributed by atoms with Crippen LogP contribution in [0.5, 0.6) is 0 Å². The fraction of sp³-hybridized carbons (Fsp3) is 0.625. The van der Waals surface area contributed by atoms with Gasteiger partial charge in [0.15, 0.2) is 0 Å². The molecule has 0 saturated heterocycles. The van der Waals surface area contributed by atoms with Crippen molar-refractivity contribution in [1.82, 2.24) is 5.32 Å². The zero-order chi connectivity index (χ0) is 13.7. The Balaban J connectivity index is 1.76. The molecule has 0 bridgehead atoms. The van der Waals surface area contributed by atoms with E-state index < -0.39 is 0 Å². The second-order valence-corrected chi connectivity index (χ2v) is 6.42. The van der Waals surface area contributed by atoms with E-state index in [1.54, 1.807) is 0 Å². The lowest BCUT2D eigenvalue weighted by atomic mass is 9.84. The first-order valence-electron chi connectivity index (χ1n) is 7.36. The minimum Gasteiger partial charge on any atom is -0.314 e. The lowest BCUT2D eigenvalue weighted by Gasteiger charge is -2.29. The zero-order valence-corrected chi connectivity index (χ0v) is 13.1. The van der Waals surface area contributed by atoms with Gasteiger partial charge in [-0.1, -0.05) is 55.5 Å². The van der Waals surface area contributed by atoms with Crippen molar-refractivity contribution in [3.8, 4) is 0 Å².